The lowest BCUT2D eigenvalue weighted by molar-refractivity contribution is 0.148. The molecule has 0 spiro atoms. The van der Waals surface area contributed by atoms with E-state index in [1.165, 1.54) is 38.5 Å². The molecule has 0 fully saturated rings. The Bertz CT molecular complexity index is 171. The van der Waals surface area contributed by atoms with Gasteiger partial charge in [-0.3, -0.25) is 9.80 Å². The Morgan fingerprint density at radius 3 is 1.25 bits per heavy atom. The third-order valence-electron chi connectivity index (χ3n) is 3.72. The molecule has 0 amide bonds. The van der Waals surface area contributed by atoms with Crippen molar-refractivity contribution in [2.45, 2.75) is 52.4 Å². The zero-order valence-electron chi connectivity index (χ0n) is 13.7. The molecule has 0 aromatic carbocycles. The van der Waals surface area contributed by atoms with E-state index in [1.807, 2.05) is 0 Å². The molecule has 0 aromatic heterocycles. The molecule has 122 valence electrons. The smallest absolute Gasteiger partial charge is 0.0558 e. The summed E-state index contributed by atoms with van der Waals surface area (Å²) in [6.07, 6.45) is 7.43. The van der Waals surface area contributed by atoms with Crippen molar-refractivity contribution in [1.82, 2.24) is 9.80 Å². The fourth-order valence-electron chi connectivity index (χ4n) is 2.41. The maximum absolute atomic E-state index is 9.14. The van der Waals surface area contributed by atoms with E-state index < -0.39 is 0 Å². The highest BCUT2D eigenvalue weighted by Gasteiger charge is 2.08. The van der Waals surface area contributed by atoms with Gasteiger partial charge in [0.05, 0.1) is 13.2 Å². The van der Waals surface area contributed by atoms with Crippen LogP contribution >= 0.6 is 0 Å². The Kier molecular flexibility index (Phi) is 15.1. The van der Waals surface area contributed by atoms with Crippen LogP contribution < -0.4 is 0 Å². The first kappa shape index (κ1) is 19.8. The molecule has 0 unspecified atom stereocenters. The largest absolute Gasteiger partial charge is 0.395 e. The van der Waals surface area contributed by atoms with Crippen LogP contribution in [0.1, 0.15) is 52.4 Å². The van der Waals surface area contributed by atoms with Gasteiger partial charge in [-0.2, -0.15) is 0 Å². The molecule has 0 aliphatic rings. The van der Waals surface area contributed by atoms with Crippen LogP contribution in [0.3, 0.4) is 0 Å². The molecular formula is C16H36N2O2. The lowest BCUT2D eigenvalue weighted by atomic mass is 10.2. The molecule has 4 heteroatoms. The van der Waals surface area contributed by atoms with E-state index in [-0.39, 0.29) is 13.2 Å². The van der Waals surface area contributed by atoms with Crippen molar-refractivity contribution in [3.8, 4) is 0 Å². The van der Waals surface area contributed by atoms with Crippen LogP contribution in [0.4, 0.5) is 0 Å². The van der Waals surface area contributed by atoms with Crippen molar-refractivity contribution in [3.05, 3.63) is 0 Å². The van der Waals surface area contributed by atoms with E-state index in [0.717, 1.165) is 39.3 Å². The average molecular weight is 288 g/mol. The van der Waals surface area contributed by atoms with Crippen LogP contribution in [-0.2, 0) is 0 Å². The summed E-state index contributed by atoms with van der Waals surface area (Å²) < 4.78 is 0. The predicted octanol–water partition coefficient (Wildman–Crippen LogP) is 1.96. The quantitative estimate of drug-likeness (QED) is 0.452. The molecule has 0 aliphatic carbocycles. The summed E-state index contributed by atoms with van der Waals surface area (Å²) in [5.41, 5.74) is 0. The Morgan fingerprint density at radius 2 is 0.950 bits per heavy atom. The van der Waals surface area contributed by atoms with Gasteiger partial charge in [0.2, 0.25) is 0 Å². The summed E-state index contributed by atoms with van der Waals surface area (Å²) >= 11 is 0. The molecule has 0 atom stereocenters. The summed E-state index contributed by atoms with van der Waals surface area (Å²) in [5, 5.41) is 18.3. The van der Waals surface area contributed by atoms with E-state index in [9.17, 15) is 0 Å². The van der Waals surface area contributed by atoms with Crippen LogP contribution in [-0.4, -0.2) is 72.5 Å². The van der Waals surface area contributed by atoms with Gasteiger partial charge in [-0.25, -0.2) is 0 Å². The number of hydrogen-bond acceptors (Lipinski definition) is 4. The normalized spacial score (nSPS) is 11.7. The first-order chi connectivity index (χ1) is 9.78. The number of rotatable bonds is 15. The summed E-state index contributed by atoms with van der Waals surface area (Å²) in [6.45, 7) is 10.6. The van der Waals surface area contributed by atoms with Crippen molar-refractivity contribution in [2.24, 2.45) is 0 Å². The molecule has 0 saturated heterocycles. The van der Waals surface area contributed by atoms with E-state index in [1.54, 1.807) is 0 Å². The van der Waals surface area contributed by atoms with Crippen molar-refractivity contribution in [1.29, 1.82) is 0 Å². The lowest BCUT2D eigenvalue weighted by Gasteiger charge is -2.27. The summed E-state index contributed by atoms with van der Waals surface area (Å²) in [7, 11) is 0. The Morgan fingerprint density at radius 1 is 0.550 bits per heavy atom. The van der Waals surface area contributed by atoms with Crippen molar-refractivity contribution in [3.63, 3.8) is 0 Å². The minimum atomic E-state index is 0.238. The van der Waals surface area contributed by atoms with Gasteiger partial charge in [0.15, 0.2) is 0 Å². The number of aliphatic hydroxyl groups excluding tert-OH is 2. The monoisotopic (exact) mass is 288 g/mol. The third-order valence-corrected chi connectivity index (χ3v) is 3.72. The minimum absolute atomic E-state index is 0.238. The second-order valence-electron chi connectivity index (χ2n) is 5.54. The minimum Gasteiger partial charge on any atom is -0.395 e. The molecule has 20 heavy (non-hydrogen) atoms. The summed E-state index contributed by atoms with van der Waals surface area (Å²) in [6, 6.07) is 0. The molecule has 0 aromatic rings. The molecule has 4 nitrogen and oxygen atoms in total. The molecular weight excluding hydrogens is 252 g/mol. The lowest BCUT2D eigenvalue weighted by Crippen LogP contribution is -2.38. The Hall–Kier alpha value is -0.160. The number of unbranched alkanes of at least 4 members (excludes halogenated alkanes) is 4. The van der Waals surface area contributed by atoms with Gasteiger partial charge in [0.1, 0.15) is 0 Å². The highest BCUT2D eigenvalue weighted by Crippen LogP contribution is 2.01. The van der Waals surface area contributed by atoms with Crippen LogP contribution in [0.15, 0.2) is 0 Å². The molecule has 2 N–H and O–H groups in total. The maximum Gasteiger partial charge on any atom is 0.0558 e. The summed E-state index contributed by atoms with van der Waals surface area (Å²) in [4.78, 5) is 4.69. The van der Waals surface area contributed by atoms with Crippen molar-refractivity contribution >= 4 is 0 Å². The zero-order valence-corrected chi connectivity index (χ0v) is 13.7. The van der Waals surface area contributed by atoms with Crippen LogP contribution in [0.2, 0.25) is 0 Å². The van der Waals surface area contributed by atoms with Gasteiger partial charge < -0.3 is 10.2 Å². The van der Waals surface area contributed by atoms with Crippen molar-refractivity contribution < 1.29 is 10.2 Å². The number of aliphatic hydroxyl groups is 2. The van der Waals surface area contributed by atoms with Gasteiger partial charge in [0, 0.05) is 26.2 Å². The highest BCUT2D eigenvalue weighted by atomic mass is 16.3. The molecule has 0 saturated carbocycles. The van der Waals surface area contributed by atoms with E-state index >= 15 is 0 Å². The molecule has 0 radical (unpaired) electrons. The van der Waals surface area contributed by atoms with E-state index in [2.05, 4.69) is 23.6 Å². The third kappa shape index (κ3) is 11.6. The highest BCUT2D eigenvalue weighted by molar-refractivity contribution is 4.64. The fraction of sp³-hybridized carbons (Fsp3) is 1.00. The van der Waals surface area contributed by atoms with Crippen LogP contribution in [0.25, 0.3) is 0 Å². The number of nitrogens with zero attached hydrogens (tertiary/aromatic N) is 2. The molecule has 0 bridgehead atoms. The topological polar surface area (TPSA) is 46.9 Å². The van der Waals surface area contributed by atoms with Crippen LogP contribution in [0, 0.1) is 0 Å². The van der Waals surface area contributed by atoms with Crippen molar-refractivity contribution in [2.75, 3.05) is 52.5 Å². The molecule has 0 rings (SSSR count). The second-order valence-corrected chi connectivity index (χ2v) is 5.54. The number of hydrogen-bond donors (Lipinski definition) is 2. The summed E-state index contributed by atoms with van der Waals surface area (Å²) in [5.74, 6) is 0. The van der Waals surface area contributed by atoms with E-state index in [4.69, 9.17) is 10.2 Å². The Balaban J connectivity index is 3.96. The van der Waals surface area contributed by atoms with Crippen LogP contribution in [0.5, 0.6) is 0 Å². The fourth-order valence-corrected chi connectivity index (χ4v) is 2.41. The van der Waals surface area contributed by atoms with Gasteiger partial charge in [0.25, 0.3) is 0 Å². The Labute approximate surface area is 125 Å². The van der Waals surface area contributed by atoms with Gasteiger partial charge >= 0.3 is 0 Å². The zero-order chi connectivity index (χ0) is 15.1. The van der Waals surface area contributed by atoms with Gasteiger partial charge in [-0.1, -0.05) is 39.5 Å². The van der Waals surface area contributed by atoms with E-state index in [0.29, 0.717) is 0 Å². The first-order valence-corrected chi connectivity index (χ1v) is 8.44. The molecule has 0 aliphatic heterocycles. The van der Waals surface area contributed by atoms with Gasteiger partial charge in [-0.05, 0) is 25.9 Å². The standard InChI is InChI=1S/C16H36N2O2/c1-3-5-7-9-17(13-15-19)11-12-18(14-16-20)10-8-6-4-2/h19-20H,3-16H2,1-2H3. The SMILES string of the molecule is CCCCCN(CCO)CCN(CCO)CCCCC. The van der Waals surface area contributed by atoms with Gasteiger partial charge in [-0.15, -0.1) is 0 Å². The first-order valence-electron chi connectivity index (χ1n) is 8.44. The predicted molar refractivity (Wildman–Crippen MR) is 86.1 cm³/mol. The maximum atomic E-state index is 9.14. The average Bonchev–Trinajstić information content (AvgIpc) is 2.45. The second kappa shape index (κ2) is 15.2. The molecule has 0 heterocycles.